The Morgan fingerprint density at radius 2 is 1.96 bits per heavy atom. The smallest absolute Gasteiger partial charge is 0.293 e. The van der Waals surface area contributed by atoms with Crippen molar-refractivity contribution in [3.05, 3.63) is 33.8 Å². The highest BCUT2D eigenvalue weighted by molar-refractivity contribution is 6.36. The van der Waals surface area contributed by atoms with E-state index in [9.17, 15) is 10.5 Å². The standard InChI is InChI=1S/C16H12Cl2N4O2/c1-8-5-23-16(24-8)15(7-20)12(14(15,6-19)13(21)22-16)11-9(17)3-2-4-10(11)18/h2-4,8,12H,5H2,1H3,(H2,21,22). The zero-order valence-corrected chi connectivity index (χ0v) is 14.1. The van der Waals surface area contributed by atoms with Crippen molar-refractivity contribution in [3.8, 4) is 12.1 Å². The molecule has 2 fully saturated rings. The Labute approximate surface area is 148 Å². The van der Waals surface area contributed by atoms with Crippen LogP contribution >= 0.6 is 23.2 Å². The third-order valence-corrected chi connectivity index (χ3v) is 5.75. The number of fused-ring (bicyclic) bond motifs is 2. The topological polar surface area (TPSA) is 104 Å². The maximum Gasteiger partial charge on any atom is 0.293 e. The molecule has 0 aromatic heterocycles. The molecule has 1 saturated heterocycles. The molecule has 122 valence electrons. The summed E-state index contributed by atoms with van der Waals surface area (Å²) in [4.78, 5) is 4.24. The van der Waals surface area contributed by atoms with Gasteiger partial charge in [0, 0.05) is 16.0 Å². The van der Waals surface area contributed by atoms with Crippen LogP contribution < -0.4 is 5.73 Å². The summed E-state index contributed by atoms with van der Waals surface area (Å²) in [5.74, 6) is -2.26. The SMILES string of the molecule is CC1COC2(N=C(N)C3(C#N)C(c4c(Cl)cccc4Cl)C23C#N)O1. The normalized spacial score (nSPS) is 42.3. The lowest BCUT2D eigenvalue weighted by Crippen LogP contribution is -2.39. The largest absolute Gasteiger partial charge is 0.386 e. The summed E-state index contributed by atoms with van der Waals surface area (Å²) in [5, 5.41) is 20.7. The maximum atomic E-state index is 10.0. The number of aliphatic imine (C=N–C) groups is 1. The van der Waals surface area contributed by atoms with E-state index in [4.69, 9.17) is 38.4 Å². The molecule has 1 spiro atoms. The van der Waals surface area contributed by atoms with Crippen LogP contribution in [0.25, 0.3) is 0 Å². The lowest BCUT2D eigenvalue weighted by atomic mass is 9.94. The van der Waals surface area contributed by atoms with E-state index in [1.165, 1.54) is 0 Å². The van der Waals surface area contributed by atoms with Crippen LogP contribution in [0.2, 0.25) is 10.0 Å². The molecule has 2 aliphatic heterocycles. The van der Waals surface area contributed by atoms with Gasteiger partial charge >= 0.3 is 0 Å². The van der Waals surface area contributed by atoms with E-state index < -0.39 is 22.7 Å². The Bertz CT molecular complexity index is 856. The van der Waals surface area contributed by atoms with Crippen LogP contribution in [-0.4, -0.2) is 24.5 Å². The average Bonchev–Trinajstić information content (AvgIpc) is 2.89. The molecule has 2 N–H and O–H groups in total. The first-order valence-corrected chi connectivity index (χ1v) is 8.10. The fourth-order valence-corrected chi connectivity index (χ4v) is 4.70. The quantitative estimate of drug-likeness (QED) is 0.826. The van der Waals surface area contributed by atoms with E-state index >= 15 is 0 Å². The number of benzene rings is 1. The molecule has 0 bridgehead atoms. The minimum atomic E-state index is -1.60. The second-order valence-electron chi connectivity index (χ2n) is 6.23. The van der Waals surface area contributed by atoms with Crippen LogP contribution in [0.3, 0.4) is 0 Å². The summed E-state index contributed by atoms with van der Waals surface area (Å²) >= 11 is 12.6. The van der Waals surface area contributed by atoms with E-state index in [-0.39, 0.29) is 18.5 Å². The molecule has 1 aromatic carbocycles. The highest BCUT2D eigenvalue weighted by atomic mass is 35.5. The van der Waals surface area contributed by atoms with Crippen molar-refractivity contribution in [3.63, 3.8) is 0 Å². The van der Waals surface area contributed by atoms with Gasteiger partial charge in [-0.25, -0.2) is 4.99 Å². The van der Waals surface area contributed by atoms with Crippen LogP contribution in [0, 0.1) is 33.5 Å². The molecule has 6 nitrogen and oxygen atoms in total. The molecular weight excluding hydrogens is 351 g/mol. The van der Waals surface area contributed by atoms with Gasteiger partial charge in [0.1, 0.15) is 11.3 Å². The fraction of sp³-hybridized carbons (Fsp3) is 0.438. The number of nitrogens with zero attached hydrogens (tertiary/aromatic N) is 3. The first-order valence-electron chi connectivity index (χ1n) is 7.34. The third kappa shape index (κ3) is 1.42. The molecule has 3 aliphatic rings. The predicted octanol–water partition coefficient (Wildman–Crippen LogP) is 2.57. The highest BCUT2D eigenvalue weighted by Gasteiger charge is 2.94. The van der Waals surface area contributed by atoms with Gasteiger partial charge in [-0.05, 0) is 24.6 Å². The summed E-state index contributed by atoms with van der Waals surface area (Å²) in [6, 6.07) is 9.39. The van der Waals surface area contributed by atoms with Crippen LogP contribution in [-0.2, 0) is 9.47 Å². The van der Waals surface area contributed by atoms with Gasteiger partial charge in [0.15, 0.2) is 5.41 Å². The number of nitriles is 2. The summed E-state index contributed by atoms with van der Waals surface area (Å²) < 4.78 is 11.6. The number of rotatable bonds is 1. The summed E-state index contributed by atoms with van der Waals surface area (Å²) in [6.07, 6.45) is -0.274. The van der Waals surface area contributed by atoms with E-state index in [2.05, 4.69) is 17.1 Å². The Hall–Kier alpha value is -1.83. The number of halogens is 2. The minimum Gasteiger partial charge on any atom is -0.386 e. The number of hydrogen-bond acceptors (Lipinski definition) is 6. The van der Waals surface area contributed by atoms with E-state index in [1.807, 2.05) is 0 Å². The van der Waals surface area contributed by atoms with Gasteiger partial charge in [-0.3, -0.25) is 0 Å². The van der Waals surface area contributed by atoms with Crippen molar-refractivity contribution >= 4 is 29.0 Å². The van der Waals surface area contributed by atoms with E-state index in [1.54, 1.807) is 25.1 Å². The van der Waals surface area contributed by atoms with E-state index in [0.29, 0.717) is 15.6 Å². The second kappa shape index (κ2) is 4.62. The molecule has 1 saturated carbocycles. The Morgan fingerprint density at radius 1 is 1.29 bits per heavy atom. The number of ether oxygens (including phenoxy) is 2. The van der Waals surface area contributed by atoms with Crippen molar-refractivity contribution in [1.82, 2.24) is 0 Å². The van der Waals surface area contributed by atoms with E-state index in [0.717, 1.165) is 0 Å². The minimum absolute atomic E-state index is 0.0154. The van der Waals surface area contributed by atoms with Gasteiger partial charge < -0.3 is 15.2 Å². The maximum absolute atomic E-state index is 10.0. The van der Waals surface area contributed by atoms with Gasteiger partial charge in [-0.15, -0.1) is 0 Å². The van der Waals surface area contributed by atoms with Crippen LogP contribution in [0.5, 0.6) is 0 Å². The van der Waals surface area contributed by atoms with Crippen molar-refractivity contribution < 1.29 is 9.47 Å². The molecule has 8 heteroatoms. The molecule has 5 unspecified atom stereocenters. The summed E-state index contributed by atoms with van der Waals surface area (Å²) in [5.41, 5.74) is 3.78. The lowest BCUT2D eigenvalue weighted by Gasteiger charge is -2.26. The van der Waals surface area contributed by atoms with Gasteiger partial charge in [0.2, 0.25) is 0 Å². The van der Waals surface area contributed by atoms with Crippen LogP contribution in [0.4, 0.5) is 0 Å². The molecule has 1 aliphatic carbocycles. The van der Waals surface area contributed by atoms with Gasteiger partial charge in [-0.1, -0.05) is 29.3 Å². The van der Waals surface area contributed by atoms with Crippen molar-refractivity contribution in [1.29, 1.82) is 10.5 Å². The average molecular weight is 363 g/mol. The molecule has 1 aromatic rings. The first kappa shape index (κ1) is 15.7. The van der Waals surface area contributed by atoms with Crippen molar-refractivity contribution in [2.24, 2.45) is 21.6 Å². The summed E-state index contributed by atoms with van der Waals surface area (Å²) in [7, 11) is 0. The zero-order valence-electron chi connectivity index (χ0n) is 12.6. The number of amidine groups is 1. The molecule has 2 heterocycles. The van der Waals surface area contributed by atoms with Crippen molar-refractivity contribution in [2.45, 2.75) is 24.9 Å². The van der Waals surface area contributed by atoms with Gasteiger partial charge in [-0.2, -0.15) is 10.5 Å². The fourth-order valence-electron chi connectivity index (χ4n) is 4.08. The van der Waals surface area contributed by atoms with Gasteiger partial charge in [0.25, 0.3) is 5.91 Å². The highest BCUT2D eigenvalue weighted by Crippen LogP contribution is 2.83. The van der Waals surface area contributed by atoms with Gasteiger partial charge in [0.05, 0.1) is 24.8 Å². The molecule has 4 rings (SSSR count). The first-order chi connectivity index (χ1) is 11.4. The molecular formula is C16H12Cl2N4O2. The molecule has 5 atom stereocenters. The Morgan fingerprint density at radius 3 is 2.46 bits per heavy atom. The van der Waals surface area contributed by atoms with Crippen LogP contribution in [0.1, 0.15) is 18.4 Å². The monoisotopic (exact) mass is 362 g/mol. The third-order valence-electron chi connectivity index (χ3n) is 5.09. The Balaban J connectivity index is 1.98. The second-order valence-corrected chi connectivity index (χ2v) is 7.04. The number of nitrogens with two attached hydrogens (primary N) is 1. The Kier molecular flexibility index (Phi) is 3.02. The van der Waals surface area contributed by atoms with Crippen molar-refractivity contribution in [2.75, 3.05) is 6.61 Å². The lowest BCUT2D eigenvalue weighted by molar-refractivity contribution is -0.193. The van der Waals surface area contributed by atoms with Crippen LogP contribution in [0.15, 0.2) is 23.2 Å². The number of hydrogen-bond donors (Lipinski definition) is 1. The molecule has 0 amide bonds. The molecule has 0 radical (unpaired) electrons. The molecule has 24 heavy (non-hydrogen) atoms. The predicted molar refractivity (Wildman–Crippen MR) is 86.1 cm³/mol. The summed E-state index contributed by atoms with van der Waals surface area (Å²) in [6.45, 7) is 2.06. The zero-order chi connectivity index (χ0) is 17.3.